The van der Waals surface area contributed by atoms with Crippen molar-refractivity contribution in [2.75, 3.05) is 11.4 Å². The highest BCUT2D eigenvalue weighted by Crippen LogP contribution is 2.29. The van der Waals surface area contributed by atoms with Crippen LogP contribution in [0.15, 0.2) is 18.5 Å². The molecule has 1 atom stereocenters. The molecule has 1 unspecified atom stereocenters. The zero-order valence-electron chi connectivity index (χ0n) is 8.39. The van der Waals surface area contributed by atoms with Gasteiger partial charge < -0.3 is 10.6 Å². The maximum absolute atomic E-state index is 11.7. The van der Waals surface area contributed by atoms with Gasteiger partial charge in [0.25, 0.3) is 0 Å². The van der Waals surface area contributed by atoms with Gasteiger partial charge in [-0.05, 0) is 6.07 Å². The van der Waals surface area contributed by atoms with Gasteiger partial charge in [0.1, 0.15) is 0 Å². The average Bonchev–Trinajstić information content (AvgIpc) is 2.61. The van der Waals surface area contributed by atoms with E-state index in [0.29, 0.717) is 10.7 Å². The predicted molar refractivity (Wildman–Crippen MR) is 58.9 cm³/mol. The summed E-state index contributed by atoms with van der Waals surface area (Å²) in [7, 11) is 0. The first-order valence-corrected chi connectivity index (χ1v) is 5.16. The van der Waals surface area contributed by atoms with E-state index in [-0.39, 0.29) is 18.9 Å². The molecule has 84 valence electrons. The molecule has 0 radical (unpaired) electrons. The number of amides is 2. The van der Waals surface area contributed by atoms with Crippen molar-refractivity contribution in [3.8, 4) is 0 Å². The van der Waals surface area contributed by atoms with Crippen LogP contribution in [0.3, 0.4) is 0 Å². The molecule has 1 aliphatic rings. The Bertz CT molecular complexity index is 449. The summed E-state index contributed by atoms with van der Waals surface area (Å²) < 4.78 is 0. The molecule has 16 heavy (non-hydrogen) atoms. The number of halogens is 1. The van der Waals surface area contributed by atoms with Crippen molar-refractivity contribution >= 4 is 29.1 Å². The molecule has 0 bridgehead atoms. The van der Waals surface area contributed by atoms with Crippen LogP contribution in [0.25, 0.3) is 0 Å². The molecule has 1 aromatic heterocycles. The van der Waals surface area contributed by atoms with E-state index >= 15 is 0 Å². The molecule has 2 heterocycles. The van der Waals surface area contributed by atoms with Crippen LogP contribution < -0.4 is 10.6 Å². The SMILES string of the molecule is NC(=O)C1CC(=O)N(c2cnccc2Cl)C1. The summed E-state index contributed by atoms with van der Waals surface area (Å²) in [6, 6.07) is 1.60. The van der Waals surface area contributed by atoms with Gasteiger partial charge in [-0.2, -0.15) is 0 Å². The fourth-order valence-corrected chi connectivity index (χ4v) is 1.91. The lowest BCUT2D eigenvalue weighted by molar-refractivity contribution is -0.123. The first kappa shape index (κ1) is 10.9. The van der Waals surface area contributed by atoms with E-state index in [1.165, 1.54) is 17.3 Å². The third-order valence-electron chi connectivity index (χ3n) is 2.57. The van der Waals surface area contributed by atoms with E-state index in [9.17, 15) is 9.59 Å². The number of hydrogen-bond donors (Lipinski definition) is 1. The summed E-state index contributed by atoms with van der Waals surface area (Å²) in [6.07, 6.45) is 3.18. The lowest BCUT2D eigenvalue weighted by Gasteiger charge is -2.16. The van der Waals surface area contributed by atoms with Crippen LogP contribution in [-0.2, 0) is 9.59 Å². The van der Waals surface area contributed by atoms with Crippen LogP contribution in [0.1, 0.15) is 6.42 Å². The van der Waals surface area contributed by atoms with Gasteiger partial charge in [-0.1, -0.05) is 11.6 Å². The van der Waals surface area contributed by atoms with Crippen LogP contribution in [0.4, 0.5) is 5.69 Å². The Morgan fingerprint density at radius 2 is 2.38 bits per heavy atom. The number of pyridine rings is 1. The third kappa shape index (κ3) is 1.86. The van der Waals surface area contributed by atoms with Crippen LogP contribution in [-0.4, -0.2) is 23.3 Å². The molecule has 1 saturated heterocycles. The Balaban J connectivity index is 2.27. The van der Waals surface area contributed by atoms with Gasteiger partial charge in [-0.15, -0.1) is 0 Å². The van der Waals surface area contributed by atoms with Gasteiger partial charge in [-0.25, -0.2) is 0 Å². The normalized spacial score (nSPS) is 20.2. The highest BCUT2D eigenvalue weighted by Gasteiger charge is 2.34. The molecule has 1 fully saturated rings. The minimum absolute atomic E-state index is 0.139. The molecule has 2 amide bonds. The number of anilines is 1. The highest BCUT2D eigenvalue weighted by atomic mass is 35.5. The minimum Gasteiger partial charge on any atom is -0.369 e. The van der Waals surface area contributed by atoms with E-state index in [2.05, 4.69) is 4.98 Å². The highest BCUT2D eigenvalue weighted by molar-refractivity contribution is 6.33. The number of nitrogens with two attached hydrogens (primary N) is 1. The van der Waals surface area contributed by atoms with Gasteiger partial charge in [0, 0.05) is 19.2 Å². The van der Waals surface area contributed by atoms with Crippen molar-refractivity contribution in [1.29, 1.82) is 0 Å². The summed E-state index contributed by atoms with van der Waals surface area (Å²) in [5, 5.41) is 0.438. The smallest absolute Gasteiger partial charge is 0.227 e. The van der Waals surface area contributed by atoms with Crippen molar-refractivity contribution < 1.29 is 9.59 Å². The number of carbonyl (C=O) groups is 2. The van der Waals surface area contributed by atoms with E-state index in [1.807, 2.05) is 0 Å². The van der Waals surface area contributed by atoms with Gasteiger partial charge in [0.15, 0.2) is 0 Å². The van der Waals surface area contributed by atoms with E-state index in [0.717, 1.165) is 0 Å². The number of carbonyl (C=O) groups excluding carboxylic acids is 2. The van der Waals surface area contributed by atoms with Crippen molar-refractivity contribution in [2.24, 2.45) is 11.7 Å². The van der Waals surface area contributed by atoms with Crippen LogP contribution in [0.2, 0.25) is 5.02 Å². The van der Waals surface area contributed by atoms with Crippen LogP contribution in [0.5, 0.6) is 0 Å². The second-order valence-corrected chi connectivity index (χ2v) is 4.04. The van der Waals surface area contributed by atoms with E-state index in [4.69, 9.17) is 17.3 Å². The molecule has 2 N–H and O–H groups in total. The lowest BCUT2D eigenvalue weighted by Crippen LogP contribution is -2.28. The van der Waals surface area contributed by atoms with Crippen LogP contribution >= 0.6 is 11.6 Å². The fourth-order valence-electron chi connectivity index (χ4n) is 1.70. The Labute approximate surface area is 97.2 Å². The molecule has 5 nitrogen and oxygen atoms in total. The van der Waals surface area contributed by atoms with E-state index < -0.39 is 11.8 Å². The van der Waals surface area contributed by atoms with Crippen molar-refractivity contribution in [1.82, 2.24) is 4.98 Å². The van der Waals surface area contributed by atoms with Crippen molar-refractivity contribution in [2.45, 2.75) is 6.42 Å². The summed E-state index contributed by atoms with van der Waals surface area (Å²) in [5.41, 5.74) is 5.70. The number of hydrogen-bond acceptors (Lipinski definition) is 3. The molecule has 0 spiro atoms. The Morgan fingerprint density at radius 3 is 2.94 bits per heavy atom. The molecule has 0 aromatic carbocycles. The van der Waals surface area contributed by atoms with Gasteiger partial charge in [-0.3, -0.25) is 14.6 Å². The summed E-state index contributed by atoms with van der Waals surface area (Å²) >= 11 is 5.95. The van der Waals surface area contributed by atoms with E-state index in [1.54, 1.807) is 6.07 Å². The molecule has 1 aliphatic heterocycles. The molecule has 0 aliphatic carbocycles. The van der Waals surface area contributed by atoms with Crippen molar-refractivity contribution in [3.63, 3.8) is 0 Å². The third-order valence-corrected chi connectivity index (χ3v) is 2.89. The first-order valence-electron chi connectivity index (χ1n) is 4.79. The first-order chi connectivity index (χ1) is 7.59. The Kier molecular flexibility index (Phi) is 2.78. The monoisotopic (exact) mass is 239 g/mol. The standard InChI is InChI=1S/C10H10ClN3O2/c11-7-1-2-13-4-8(7)14-5-6(10(12)16)3-9(14)15/h1-2,4,6H,3,5H2,(H2,12,16). The minimum atomic E-state index is -0.462. The molecule has 1 aromatic rings. The van der Waals surface area contributed by atoms with Gasteiger partial charge in [0.2, 0.25) is 11.8 Å². The largest absolute Gasteiger partial charge is 0.369 e. The summed E-state index contributed by atoms with van der Waals surface area (Å²) in [6.45, 7) is 0.277. The topological polar surface area (TPSA) is 76.3 Å². The second kappa shape index (κ2) is 4.09. The maximum atomic E-state index is 11.7. The predicted octanol–water partition coefficient (Wildman–Crippen LogP) is 0.573. The molecular weight excluding hydrogens is 230 g/mol. The maximum Gasteiger partial charge on any atom is 0.227 e. The number of rotatable bonds is 2. The fraction of sp³-hybridized carbons (Fsp3) is 0.300. The molecule has 0 saturated carbocycles. The van der Waals surface area contributed by atoms with Gasteiger partial charge in [0.05, 0.1) is 22.8 Å². The lowest BCUT2D eigenvalue weighted by atomic mass is 10.1. The Morgan fingerprint density at radius 1 is 1.62 bits per heavy atom. The number of aromatic nitrogens is 1. The number of primary amides is 1. The molecule has 6 heteroatoms. The second-order valence-electron chi connectivity index (χ2n) is 3.63. The van der Waals surface area contributed by atoms with Crippen LogP contribution in [0, 0.1) is 5.92 Å². The van der Waals surface area contributed by atoms with Gasteiger partial charge >= 0.3 is 0 Å². The number of nitrogens with zero attached hydrogens (tertiary/aromatic N) is 2. The molecule has 2 rings (SSSR count). The molecular formula is C10H10ClN3O2. The quantitative estimate of drug-likeness (QED) is 0.820. The zero-order chi connectivity index (χ0) is 11.7. The summed E-state index contributed by atoms with van der Waals surface area (Å²) in [5.74, 6) is -1.06. The summed E-state index contributed by atoms with van der Waals surface area (Å²) in [4.78, 5) is 28.0. The Hall–Kier alpha value is -1.62. The average molecular weight is 240 g/mol. The zero-order valence-corrected chi connectivity index (χ0v) is 9.15. The van der Waals surface area contributed by atoms with Crippen molar-refractivity contribution in [3.05, 3.63) is 23.5 Å².